The highest BCUT2D eigenvalue weighted by Gasteiger charge is 2.35. The molecule has 0 saturated heterocycles. The molecule has 8 heteroatoms. The van der Waals surface area contributed by atoms with Crippen molar-refractivity contribution in [3.05, 3.63) is 24.0 Å². The number of carbonyl (C=O) groups excluding carboxylic acids is 2. The number of carbonyl (C=O) groups is 2. The van der Waals surface area contributed by atoms with Gasteiger partial charge < -0.3 is 23.9 Å². The Labute approximate surface area is 185 Å². The fraction of sp³-hybridized carbons (Fsp3) is 0.609. The molecule has 2 aromatic rings. The Morgan fingerprint density at radius 1 is 1.23 bits per heavy atom. The molecule has 2 aromatic heterocycles. The lowest BCUT2D eigenvalue weighted by Gasteiger charge is -2.43. The summed E-state index contributed by atoms with van der Waals surface area (Å²) in [6, 6.07) is 3.52. The molecule has 4 rings (SSSR count). The zero-order valence-electron chi connectivity index (χ0n) is 19.1. The molecular weight excluding hydrogens is 408 g/mol. The quantitative estimate of drug-likeness (QED) is 0.369. The van der Waals surface area contributed by atoms with Crippen molar-refractivity contribution >= 4 is 37.0 Å². The van der Waals surface area contributed by atoms with Crippen LogP contribution in [0.25, 0.3) is 11.0 Å². The van der Waals surface area contributed by atoms with Crippen LogP contribution in [-0.2, 0) is 16.3 Å². The zero-order chi connectivity index (χ0) is 22.2. The van der Waals surface area contributed by atoms with E-state index in [2.05, 4.69) is 35.6 Å². The number of amides is 1. The summed E-state index contributed by atoms with van der Waals surface area (Å²) in [7, 11) is 0.721. The average Bonchev–Trinajstić information content (AvgIpc) is 3.16. The molecule has 1 aliphatic heterocycles. The van der Waals surface area contributed by atoms with Crippen molar-refractivity contribution in [1.29, 1.82) is 0 Å². The molecule has 1 fully saturated rings. The summed E-state index contributed by atoms with van der Waals surface area (Å²) < 4.78 is 7.98. The second-order valence-corrected chi connectivity index (χ2v) is 15.8. The highest BCUT2D eigenvalue weighted by atomic mass is 28.3. The molecule has 0 radical (unpaired) electrons. The van der Waals surface area contributed by atoms with Gasteiger partial charge in [-0.15, -0.1) is 0 Å². The maximum absolute atomic E-state index is 12.9. The first-order valence-electron chi connectivity index (χ1n) is 11.3. The Kier molecular flexibility index (Phi) is 6.21. The van der Waals surface area contributed by atoms with Gasteiger partial charge in [-0.05, 0) is 37.8 Å². The first-order chi connectivity index (χ1) is 14.8. The van der Waals surface area contributed by atoms with E-state index >= 15 is 0 Å². The number of nitrogens with zero attached hydrogens (tertiary/aromatic N) is 4. The normalized spacial score (nSPS) is 22.1. The topological polar surface area (TPSA) is 67.7 Å². The number of aldehydes is 1. The van der Waals surface area contributed by atoms with Gasteiger partial charge in [0.25, 0.3) is 5.91 Å². The van der Waals surface area contributed by atoms with E-state index in [9.17, 15) is 9.59 Å². The molecule has 31 heavy (non-hydrogen) atoms. The van der Waals surface area contributed by atoms with E-state index in [-0.39, 0.29) is 11.8 Å². The van der Waals surface area contributed by atoms with Gasteiger partial charge in [0.2, 0.25) is 0 Å². The van der Waals surface area contributed by atoms with Gasteiger partial charge in [-0.1, -0.05) is 19.6 Å². The number of anilines is 1. The van der Waals surface area contributed by atoms with Crippen molar-refractivity contribution in [2.75, 3.05) is 25.2 Å². The molecule has 0 unspecified atom stereocenters. The second-order valence-electron chi connectivity index (χ2n) is 10.2. The predicted molar refractivity (Wildman–Crippen MR) is 125 cm³/mol. The van der Waals surface area contributed by atoms with Crippen LogP contribution in [0.2, 0.25) is 25.7 Å². The monoisotopic (exact) mass is 442 g/mol. The minimum absolute atomic E-state index is 0.0152. The SMILES string of the molecule is CN1CN(C2CCC(C=O)CC2)c2c(cnc3c2ccn3COCC[Si](C)(C)C)C1=O. The Hall–Kier alpha value is -2.19. The summed E-state index contributed by atoms with van der Waals surface area (Å²) >= 11 is 0. The van der Waals surface area contributed by atoms with Gasteiger partial charge in [0, 0.05) is 51.5 Å². The van der Waals surface area contributed by atoms with Crippen LogP contribution in [0.5, 0.6) is 0 Å². The fourth-order valence-electron chi connectivity index (χ4n) is 4.65. The van der Waals surface area contributed by atoms with Crippen molar-refractivity contribution in [1.82, 2.24) is 14.5 Å². The molecule has 0 atom stereocenters. The highest BCUT2D eigenvalue weighted by molar-refractivity contribution is 6.76. The molecule has 0 aromatic carbocycles. The lowest BCUT2D eigenvalue weighted by atomic mass is 9.85. The molecule has 3 heterocycles. The number of rotatable bonds is 7. The summed E-state index contributed by atoms with van der Waals surface area (Å²) in [5.41, 5.74) is 2.51. The molecular formula is C23H34N4O3Si. The van der Waals surface area contributed by atoms with E-state index in [1.165, 1.54) is 0 Å². The van der Waals surface area contributed by atoms with Gasteiger partial charge in [-0.2, -0.15) is 0 Å². The summed E-state index contributed by atoms with van der Waals surface area (Å²) in [5.74, 6) is 0.188. The molecule has 0 bridgehead atoms. The van der Waals surface area contributed by atoms with E-state index in [1.54, 1.807) is 11.1 Å². The van der Waals surface area contributed by atoms with Crippen LogP contribution in [0.15, 0.2) is 18.5 Å². The van der Waals surface area contributed by atoms with Crippen molar-refractivity contribution in [3.63, 3.8) is 0 Å². The Balaban J connectivity index is 1.61. The first-order valence-corrected chi connectivity index (χ1v) is 15.0. The maximum Gasteiger partial charge on any atom is 0.258 e. The molecule has 7 nitrogen and oxygen atoms in total. The molecule has 0 N–H and O–H groups in total. The van der Waals surface area contributed by atoms with Crippen molar-refractivity contribution in [2.24, 2.45) is 5.92 Å². The maximum atomic E-state index is 12.9. The zero-order valence-corrected chi connectivity index (χ0v) is 20.1. The van der Waals surface area contributed by atoms with Crippen LogP contribution >= 0.6 is 0 Å². The van der Waals surface area contributed by atoms with Gasteiger partial charge in [0.15, 0.2) is 0 Å². The molecule has 1 amide bonds. The molecule has 168 valence electrons. The Bertz CT molecular complexity index is 960. The third kappa shape index (κ3) is 4.55. The van der Waals surface area contributed by atoms with Crippen LogP contribution in [0.4, 0.5) is 5.69 Å². The lowest BCUT2D eigenvalue weighted by Crippen LogP contribution is -2.50. The van der Waals surface area contributed by atoms with E-state index in [0.717, 1.165) is 61.3 Å². The minimum atomic E-state index is -1.12. The minimum Gasteiger partial charge on any atom is -0.361 e. The van der Waals surface area contributed by atoms with Crippen LogP contribution in [0, 0.1) is 5.92 Å². The largest absolute Gasteiger partial charge is 0.361 e. The van der Waals surface area contributed by atoms with Gasteiger partial charge in [0.05, 0.1) is 17.9 Å². The Morgan fingerprint density at radius 2 is 1.97 bits per heavy atom. The van der Waals surface area contributed by atoms with Gasteiger partial charge >= 0.3 is 0 Å². The average molecular weight is 443 g/mol. The smallest absolute Gasteiger partial charge is 0.258 e. The van der Waals surface area contributed by atoms with Crippen LogP contribution < -0.4 is 4.90 Å². The predicted octanol–water partition coefficient (Wildman–Crippen LogP) is 3.96. The molecule has 2 aliphatic rings. The van der Waals surface area contributed by atoms with E-state index in [1.807, 2.05) is 17.8 Å². The Morgan fingerprint density at radius 3 is 2.65 bits per heavy atom. The number of fused-ring (bicyclic) bond motifs is 3. The van der Waals surface area contributed by atoms with Crippen molar-refractivity contribution in [3.8, 4) is 0 Å². The standard InChI is InChI=1S/C23H34N4O3Si/c1-25-15-27(18-7-5-17(14-28)6-8-18)21-19-9-10-26(16-30-11-12-31(2,3)4)22(19)24-13-20(21)23(25)29/h9-10,13-14,17-18H,5-8,11-12,15-16H2,1-4H3. The molecule has 1 aliphatic carbocycles. The first kappa shape index (κ1) is 22.0. The fourth-order valence-corrected chi connectivity index (χ4v) is 5.41. The third-order valence-corrected chi connectivity index (χ3v) is 8.29. The van der Waals surface area contributed by atoms with Gasteiger partial charge in [-0.25, -0.2) is 4.98 Å². The van der Waals surface area contributed by atoms with Crippen LogP contribution in [0.1, 0.15) is 36.0 Å². The second kappa shape index (κ2) is 8.74. The van der Waals surface area contributed by atoms with E-state index in [0.29, 0.717) is 25.0 Å². The lowest BCUT2D eigenvalue weighted by molar-refractivity contribution is -0.111. The van der Waals surface area contributed by atoms with E-state index in [4.69, 9.17) is 4.74 Å². The summed E-state index contributed by atoms with van der Waals surface area (Å²) in [6.45, 7) is 8.84. The summed E-state index contributed by atoms with van der Waals surface area (Å²) in [5, 5.41) is 1.00. The van der Waals surface area contributed by atoms with Gasteiger partial charge in [0.1, 0.15) is 18.7 Å². The van der Waals surface area contributed by atoms with Crippen LogP contribution in [-0.4, -0.2) is 61.1 Å². The third-order valence-electron chi connectivity index (χ3n) is 6.59. The number of pyridine rings is 1. The van der Waals surface area contributed by atoms with Crippen molar-refractivity contribution in [2.45, 2.75) is 64.1 Å². The van der Waals surface area contributed by atoms with Gasteiger partial charge in [-0.3, -0.25) is 4.79 Å². The van der Waals surface area contributed by atoms with Crippen molar-refractivity contribution < 1.29 is 14.3 Å². The molecule has 0 spiro atoms. The number of aromatic nitrogens is 2. The summed E-state index contributed by atoms with van der Waals surface area (Å²) in [4.78, 5) is 32.8. The summed E-state index contributed by atoms with van der Waals surface area (Å²) in [6.07, 6.45) is 8.59. The number of ether oxygens (including phenoxy) is 1. The van der Waals surface area contributed by atoms with E-state index < -0.39 is 8.07 Å². The number of hydrogen-bond acceptors (Lipinski definition) is 5. The number of hydrogen-bond donors (Lipinski definition) is 0. The highest BCUT2D eigenvalue weighted by Crippen LogP contribution is 2.38. The molecule has 1 saturated carbocycles. The van der Waals surface area contributed by atoms with Crippen LogP contribution in [0.3, 0.4) is 0 Å².